The highest BCUT2D eigenvalue weighted by Crippen LogP contribution is 2.21. The molecule has 0 radical (unpaired) electrons. The van der Waals surface area contributed by atoms with Gasteiger partial charge in [0.05, 0.1) is 27.3 Å². The van der Waals surface area contributed by atoms with Crippen LogP contribution in [0.1, 0.15) is 22.8 Å². The molecule has 0 bridgehead atoms. The first-order valence-electron chi connectivity index (χ1n) is 6.87. The third-order valence-corrected chi connectivity index (χ3v) is 2.79. The summed E-state index contributed by atoms with van der Waals surface area (Å²) in [7, 11) is 2.84. The summed E-state index contributed by atoms with van der Waals surface area (Å²) in [6.07, 6.45) is 5.22. The zero-order valence-electron chi connectivity index (χ0n) is 13.5. The SMILES string of the molecule is C#CCNC(=NCc1ccc(OC)c(C(=O)OC)c1)NCC.I. The van der Waals surface area contributed by atoms with Gasteiger partial charge in [-0.3, -0.25) is 0 Å². The van der Waals surface area contributed by atoms with Gasteiger partial charge in [-0.1, -0.05) is 12.0 Å². The highest BCUT2D eigenvalue weighted by Gasteiger charge is 2.13. The van der Waals surface area contributed by atoms with Crippen LogP contribution in [-0.4, -0.2) is 39.2 Å². The number of carbonyl (C=O) groups is 1. The van der Waals surface area contributed by atoms with Gasteiger partial charge >= 0.3 is 5.97 Å². The number of benzene rings is 1. The van der Waals surface area contributed by atoms with E-state index in [1.807, 2.05) is 13.0 Å². The molecule has 7 heteroatoms. The minimum atomic E-state index is -0.444. The first-order valence-corrected chi connectivity index (χ1v) is 6.87. The summed E-state index contributed by atoms with van der Waals surface area (Å²) in [6, 6.07) is 5.28. The molecule has 23 heavy (non-hydrogen) atoms. The van der Waals surface area contributed by atoms with Crippen molar-refractivity contribution in [3.63, 3.8) is 0 Å². The first-order chi connectivity index (χ1) is 10.7. The van der Waals surface area contributed by atoms with Crippen LogP contribution in [0.15, 0.2) is 23.2 Å². The van der Waals surface area contributed by atoms with Gasteiger partial charge < -0.3 is 20.1 Å². The Morgan fingerprint density at radius 3 is 2.65 bits per heavy atom. The summed E-state index contributed by atoms with van der Waals surface area (Å²) in [5.74, 6) is 3.14. The topological polar surface area (TPSA) is 72.0 Å². The third-order valence-electron chi connectivity index (χ3n) is 2.79. The van der Waals surface area contributed by atoms with Gasteiger partial charge in [0.15, 0.2) is 5.96 Å². The lowest BCUT2D eigenvalue weighted by Crippen LogP contribution is -2.37. The number of methoxy groups -OCH3 is 2. The van der Waals surface area contributed by atoms with Gasteiger partial charge in [0, 0.05) is 6.54 Å². The van der Waals surface area contributed by atoms with Gasteiger partial charge in [-0.25, -0.2) is 9.79 Å². The van der Waals surface area contributed by atoms with Crippen LogP contribution in [0.4, 0.5) is 0 Å². The molecular weight excluding hydrogens is 409 g/mol. The Labute approximate surface area is 154 Å². The summed E-state index contributed by atoms with van der Waals surface area (Å²) in [4.78, 5) is 16.2. The Bertz CT molecular complexity index is 582. The number of hydrogen-bond acceptors (Lipinski definition) is 4. The van der Waals surface area contributed by atoms with Gasteiger partial charge in [-0.15, -0.1) is 30.4 Å². The fraction of sp³-hybridized carbons (Fsp3) is 0.375. The van der Waals surface area contributed by atoms with Crippen LogP contribution in [-0.2, 0) is 11.3 Å². The van der Waals surface area contributed by atoms with Crippen molar-refractivity contribution in [3.05, 3.63) is 29.3 Å². The number of hydrogen-bond donors (Lipinski definition) is 2. The van der Waals surface area contributed by atoms with Crippen molar-refractivity contribution in [2.24, 2.45) is 4.99 Å². The van der Waals surface area contributed by atoms with Gasteiger partial charge in [0.2, 0.25) is 0 Å². The Hall–Kier alpha value is -1.95. The lowest BCUT2D eigenvalue weighted by molar-refractivity contribution is 0.0597. The van der Waals surface area contributed by atoms with E-state index in [-0.39, 0.29) is 24.0 Å². The highest BCUT2D eigenvalue weighted by molar-refractivity contribution is 14.0. The smallest absolute Gasteiger partial charge is 0.341 e. The monoisotopic (exact) mass is 431 g/mol. The predicted octanol–water partition coefficient (Wildman–Crippen LogP) is 1.79. The fourth-order valence-corrected chi connectivity index (χ4v) is 1.77. The molecular formula is C16H22IN3O3. The number of nitrogens with one attached hydrogen (secondary N) is 2. The van der Waals surface area contributed by atoms with Crippen LogP contribution >= 0.6 is 24.0 Å². The first kappa shape index (κ1) is 21.0. The van der Waals surface area contributed by atoms with E-state index in [2.05, 4.69) is 21.5 Å². The maximum atomic E-state index is 11.7. The molecule has 6 nitrogen and oxygen atoms in total. The second-order valence-corrected chi connectivity index (χ2v) is 4.28. The van der Waals surface area contributed by atoms with Crippen molar-refractivity contribution >= 4 is 35.9 Å². The molecule has 0 unspecified atom stereocenters. The number of esters is 1. The number of ether oxygens (including phenoxy) is 2. The molecule has 0 atom stereocenters. The molecule has 0 aliphatic carbocycles. The molecule has 1 rings (SSSR count). The summed E-state index contributed by atoms with van der Waals surface area (Å²) < 4.78 is 9.91. The summed E-state index contributed by atoms with van der Waals surface area (Å²) >= 11 is 0. The number of rotatable bonds is 6. The molecule has 0 saturated heterocycles. The van der Waals surface area contributed by atoms with E-state index in [0.717, 1.165) is 12.1 Å². The van der Waals surface area contributed by atoms with Crippen LogP contribution in [0.5, 0.6) is 5.75 Å². The molecule has 0 heterocycles. The average molecular weight is 431 g/mol. The number of halogens is 1. The van der Waals surface area contributed by atoms with Crippen molar-refractivity contribution in [1.29, 1.82) is 0 Å². The maximum Gasteiger partial charge on any atom is 0.341 e. The number of terminal acetylenes is 1. The minimum absolute atomic E-state index is 0. The van der Waals surface area contributed by atoms with Gasteiger partial charge in [-0.2, -0.15) is 0 Å². The summed E-state index contributed by atoms with van der Waals surface area (Å²) in [5, 5.41) is 6.08. The number of aliphatic imine (C=N–C) groups is 1. The Morgan fingerprint density at radius 2 is 2.09 bits per heavy atom. The molecule has 0 amide bonds. The number of nitrogens with zero attached hydrogens (tertiary/aromatic N) is 1. The molecule has 0 aromatic heterocycles. The van der Waals surface area contributed by atoms with Crippen molar-refractivity contribution in [2.45, 2.75) is 13.5 Å². The molecule has 1 aromatic rings. The molecule has 0 aliphatic heterocycles. The van der Waals surface area contributed by atoms with Crippen LogP contribution in [0.25, 0.3) is 0 Å². The van der Waals surface area contributed by atoms with Crippen LogP contribution < -0.4 is 15.4 Å². The normalized spacial score (nSPS) is 10.1. The van der Waals surface area contributed by atoms with Crippen molar-refractivity contribution in [3.8, 4) is 18.1 Å². The maximum absolute atomic E-state index is 11.7. The van der Waals surface area contributed by atoms with Crippen molar-refractivity contribution in [1.82, 2.24) is 10.6 Å². The highest BCUT2D eigenvalue weighted by atomic mass is 127. The zero-order valence-corrected chi connectivity index (χ0v) is 15.8. The molecule has 0 spiro atoms. The van der Waals surface area contributed by atoms with E-state index >= 15 is 0 Å². The quantitative estimate of drug-likeness (QED) is 0.236. The van der Waals surface area contributed by atoms with E-state index in [4.69, 9.17) is 15.9 Å². The Kier molecular flexibility index (Phi) is 10.6. The average Bonchev–Trinajstić information content (AvgIpc) is 2.56. The van der Waals surface area contributed by atoms with Gasteiger partial charge in [-0.05, 0) is 24.6 Å². The Morgan fingerprint density at radius 1 is 1.35 bits per heavy atom. The largest absolute Gasteiger partial charge is 0.496 e. The van der Waals surface area contributed by atoms with Crippen molar-refractivity contribution < 1.29 is 14.3 Å². The second-order valence-electron chi connectivity index (χ2n) is 4.28. The number of guanidine groups is 1. The van der Waals surface area contributed by atoms with E-state index in [1.54, 1.807) is 12.1 Å². The van der Waals surface area contributed by atoms with E-state index in [0.29, 0.717) is 30.4 Å². The lowest BCUT2D eigenvalue weighted by atomic mass is 10.1. The molecule has 1 aromatic carbocycles. The van der Waals surface area contributed by atoms with Gasteiger partial charge in [0.1, 0.15) is 11.3 Å². The van der Waals surface area contributed by atoms with E-state index in [1.165, 1.54) is 14.2 Å². The van der Waals surface area contributed by atoms with Gasteiger partial charge in [0.25, 0.3) is 0 Å². The Balaban J connectivity index is 0.00000484. The molecule has 0 aliphatic rings. The summed E-state index contributed by atoms with van der Waals surface area (Å²) in [6.45, 7) is 3.48. The number of carbonyl (C=O) groups excluding carboxylic acids is 1. The lowest BCUT2D eigenvalue weighted by Gasteiger charge is -2.10. The van der Waals surface area contributed by atoms with Crippen molar-refractivity contribution in [2.75, 3.05) is 27.3 Å². The second kappa shape index (κ2) is 11.6. The zero-order chi connectivity index (χ0) is 16.4. The van der Waals surface area contributed by atoms with Crippen LogP contribution in [0, 0.1) is 12.3 Å². The predicted molar refractivity (Wildman–Crippen MR) is 101 cm³/mol. The van der Waals surface area contributed by atoms with Crippen LogP contribution in [0.2, 0.25) is 0 Å². The molecule has 126 valence electrons. The summed E-state index contributed by atoms with van der Waals surface area (Å²) in [5.41, 5.74) is 1.23. The standard InChI is InChI=1S/C16H21N3O3.HI/c1-5-9-18-16(17-6-2)19-11-12-7-8-14(21-3)13(10-12)15(20)22-4;/h1,7-8,10H,6,9,11H2,2-4H3,(H2,17,18,19);1H. The molecule has 0 fully saturated rings. The molecule has 0 saturated carbocycles. The minimum Gasteiger partial charge on any atom is -0.496 e. The van der Waals surface area contributed by atoms with E-state index in [9.17, 15) is 4.79 Å². The molecule has 2 N–H and O–H groups in total. The van der Waals surface area contributed by atoms with Crippen LogP contribution in [0.3, 0.4) is 0 Å². The third kappa shape index (κ3) is 6.78. The fourth-order valence-electron chi connectivity index (χ4n) is 1.77. The van der Waals surface area contributed by atoms with E-state index < -0.39 is 5.97 Å².